The second-order valence-corrected chi connectivity index (χ2v) is 6.55. The van der Waals surface area contributed by atoms with Crippen molar-refractivity contribution in [3.63, 3.8) is 0 Å². The first-order chi connectivity index (χ1) is 11.5. The van der Waals surface area contributed by atoms with Crippen LogP contribution < -0.4 is 5.32 Å². The molecule has 0 radical (unpaired) electrons. The van der Waals surface area contributed by atoms with Crippen LogP contribution in [0, 0.1) is 6.92 Å². The lowest BCUT2D eigenvalue weighted by atomic mass is 10.1. The molecule has 0 bridgehead atoms. The number of hydrogen-bond acceptors (Lipinski definition) is 4. The Labute approximate surface area is 150 Å². The summed E-state index contributed by atoms with van der Waals surface area (Å²) in [5, 5.41) is 3.53. The Hall–Kier alpha value is -1.98. The van der Waals surface area contributed by atoms with Crippen LogP contribution in [0.3, 0.4) is 0 Å². The van der Waals surface area contributed by atoms with Crippen LogP contribution in [0.15, 0.2) is 42.5 Å². The Morgan fingerprint density at radius 3 is 2.67 bits per heavy atom. The lowest BCUT2D eigenvalue weighted by Crippen LogP contribution is -2.15. The third-order valence-corrected chi connectivity index (χ3v) is 4.73. The highest BCUT2D eigenvalue weighted by atomic mass is 35.5. The van der Waals surface area contributed by atoms with Crippen molar-refractivity contribution in [1.82, 2.24) is 0 Å². The monoisotopic (exact) mass is 363 g/mol. The zero-order chi connectivity index (χ0) is 17.5. The van der Waals surface area contributed by atoms with E-state index in [0.717, 1.165) is 11.1 Å². The minimum absolute atomic E-state index is 0.128. The summed E-state index contributed by atoms with van der Waals surface area (Å²) < 4.78 is 4.69. The number of aryl methyl sites for hydroxylation is 1. The van der Waals surface area contributed by atoms with Gasteiger partial charge in [-0.25, -0.2) is 4.79 Å². The summed E-state index contributed by atoms with van der Waals surface area (Å²) in [7, 11) is 1.33. The largest absolute Gasteiger partial charge is 0.465 e. The zero-order valence-electron chi connectivity index (χ0n) is 13.5. The van der Waals surface area contributed by atoms with Crippen molar-refractivity contribution < 1.29 is 14.3 Å². The number of carbonyl (C=O) groups is 2. The molecule has 0 unspecified atom stereocenters. The summed E-state index contributed by atoms with van der Waals surface area (Å²) in [6, 6.07) is 12.6. The fourth-order valence-corrected chi connectivity index (χ4v) is 3.17. The molecule has 2 aromatic rings. The maximum atomic E-state index is 12.1. The molecule has 2 rings (SSSR count). The maximum Gasteiger partial charge on any atom is 0.337 e. The number of ether oxygens (including phenoxy) is 1. The van der Waals surface area contributed by atoms with E-state index in [1.165, 1.54) is 18.9 Å². The molecule has 4 nitrogen and oxygen atoms in total. The van der Waals surface area contributed by atoms with Crippen molar-refractivity contribution in [1.29, 1.82) is 0 Å². The third-order valence-electron chi connectivity index (χ3n) is 3.38. The molecule has 0 fully saturated rings. The molecule has 6 heteroatoms. The van der Waals surface area contributed by atoms with Gasteiger partial charge in [0.05, 0.1) is 18.4 Å². The van der Waals surface area contributed by atoms with Gasteiger partial charge in [-0.1, -0.05) is 35.9 Å². The van der Waals surface area contributed by atoms with Gasteiger partial charge < -0.3 is 10.1 Å². The summed E-state index contributed by atoms with van der Waals surface area (Å²) in [5.41, 5.74) is 2.90. The molecule has 2 aromatic carbocycles. The van der Waals surface area contributed by atoms with E-state index in [0.29, 0.717) is 27.8 Å². The van der Waals surface area contributed by atoms with Crippen molar-refractivity contribution in [2.24, 2.45) is 0 Å². The third kappa shape index (κ3) is 5.01. The predicted octanol–water partition coefficient (Wildman–Crippen LogP) is 4.31. The Morgan fingerprint density at radius 1 is 1.21 bits per heavy atom. The van der Waals surface area contributed by atoms with Crippen LogP contribution >= 0.6 is 23.4 Å². The molecule has 126 valence electrons. The summed E-state index contributed by atoms with van der Waals surface area (Å²) in [6.45, 7) is 1.87. The molecule has 0 aliphatic rings. The highest BCUT2D eigenvalue weighted by Gasteiger charge is 2.10. The van der Waals surface area contributed by atoms with Crippen molar-refractivity contribution in [3.8, 4) is 0 Å². The van der Waals surface area contributed by atoms with Gasteiger partial charge in [0, 0.05) is 16.5 Å². The highest BCUT2D eigenvalue weighted by molar-refractivity contribution is 7.99. The van der Waals surface area contributed by atoms with Crippen LogP contribution in [0.5, 0.6) is 0 Å². The summed E-state index contributed by atoms with van der Waals surface area (Å²) >= 11 is 7.57. The van der Waals surface area contributed by atoms with E-state index in [2.05, 4.69) is 5.32 Å². The molecule has 0 heterocycles. The average Bonchev–Trinajstić information content (AvgIpc) is 2.58. The van der Waals surface area contributed by atoms with Crippen LogP contribution in [0.1, 0.15) is 21.5 Å². The number of anilines is 1. The number of amides is 1. The number of benzene rings is 2. The van der Waals surface area contributed by atoms with Gasteiger partial charge in [0.15, 0.2) is 0 Å². The Balaban J connectivity index is 1.92. The van der Waals surface area contributed by atoms with E-state index < -0.39 is 5.97 Å². The number of hydrogen-bond donors (Lipinski definition) is 1. The molecule has 0 spiro atoms. The molecule has 1 N–H and O–H groups in total. The number of thioether (sulfide) groups is 1. The van der Waals surface area contributed by atoms with Crippen LogP contribution in [0.2, 0.25) is 5.02 Å². The maximum absolute atomic E-state index is 12.1. The molecule has 0 atom stereocenters. The molecule has 0 saturated heterocycles. The van der Waals surface area contributed by atoms with Gasteiger partial charge in [-0.15, -0.1) is 11.8 Å². The van der Waals surface area contributed by atoms with Gasteiger partial charge in [-0.05, 0) is 36.2 Å². The SMILES string of the molecule is COC(=O)c1ccc(C)c(NC(=O)CSCc2ccccc2Cl)c1. The fourth-order valence-electron chi connectivity index (χ4n) is 2.06. The van der Waals surface area contributed by atoms with E-state index in [1.807, 2.05) is 31.2 Å². The van der Waals surface area contributed by atoms with Crippen molar-refractivity contribution in [3.05, 3.63) is 64.2 Å². The molecule has 24 heavy (non-hydrogen) atoms. The van der Waals surface area contributed by atoms with E-state index in [9.17, 15) is 9.59 Å². The molecule has 0 saturated carbocycles. The second kappa shape index (κ2) is 8.76. The van der Waals surface area contributed by atoms with E-state index >= 15 is 0 Å². The number of rotatable bonds is 6. The predicted molar refractivity (Wildman–Crippen MR) is 98.8 cm³/mol. The van der Waals surface area contributed by atoms with Gasteiger partial charge in [-0.2, -0.15) is 0 Å². The lowest BCUT2D eigenvalue weighted by Gasteiger charge is -2.10. The first-order valence-electron chi connectivity index (χ1n) is 7.31. The van der Waals surface area contributed by atoms with Crippen LogP contribution in [0.4, 0.5) is 5.69 Å². The molecule has 0 aromatic heterocycles. The normalized spacial score (nSPS) is 10.3. The fraction of sp³-hybridized carbons (Fsp3) is 0.222. The van der Waals surface area contributed by atoms with Gasteiger partial charge in [0.1, 0.15) is 0 Å². The first kappa shape index (κ1) is 18.4. The Morgan fingerprint density at radius 2 is 1.96 bits per heavy atom. The highest BCUT2D eigenvalue weighted by Crippen LogP contribution is 2.22. The number of halogens is 1. The molecule has 1 amide bonds. The molecule has 0 aliphatic heterocycles. The van der Waals surface area contributed by atoms with E-state index in [-0.39, 0.29) is 5.91 Å². The minimum atomic E-state index is -0.432. The van der Waals surface area contributed by atoms with Crippen LogP contribution in [-0.2, 0) is 15.3 Å². The summed E-state index contributed by atoms with van der Waals surface area (Å²) in [5.74, 6) is 0.400. The van der Waals surface area contributed by atoms with Gasteiger partial charge >= 0.3 is 5.97 Å². The van der Waals surface area contributed by atoms with Gasteiger partial charge in [-0.3, -0.25) is 4.79 Å². The van der Waals surface area contributed by atoms with Gasteiger partial charge in [0.2, 0.25) is 5.91 Å². The summed E-state index contributed by atoms with van der Waals surface area (Å²) in [4.78, 5) is 23.7. The Bertz CT molecular complexity index is 749. The molecular weight excluding hydrogens is 346 g/mol. The van der Waals surface area contributed by atoms with Crippen LogP contribution in [-0.4, -0.2) is 24.7 Å². The topological polar surface area (TPSA) is 55.4 Å². The zero-order valence-corrected chi connectivity index (χ0v) is 15.0. The smallest absolute Gasteiger partial charge is 0.337 e. The number of nitrogens with one attached hydrogen (secondary N) is 1. The van der Waals surface area contributed by atoms with Crippen LogP contribution in [0.25, 0.3) is 0 Å². The summed E-state index contributed by atoms with van der Waals surface area (Å²) in [6.07, 6.45) is 0. The van der Waals surface area contributed by atoms with Crippen molar-refractivity contribution >= 4 is 40.9 Å². The number of methoxy groups -OCH3 is 1. The van der Waals surface area contributed by atoms with Gasteiger partial charge in [0.25, 0.3) is 0 Å². The molecule has 0 aliphatic carbocycles. The number of esters is 1. The average molecular weight is 364 g/mol. The van der Waals surface area contributed by atoms with E-state index in [4.69, 9.17) is 16.3 Å². The second-order valence-electron chi connectivity index (χ2n) is 5.15. The number of carbonyl (C=O) groups excluding carboxylic acids is 2. The van der Waals surface area contributed by atoms with E-state index in [1.54, 1.807) is 18.2 Å². The minimum Gasteiger partial charge on any atom is -0.465 e. The lowest BCUT2D eigenvalue weighted by molar-refractivity contribution is -0.113. The standard InChI is InChI=1S/C18H18ClNO3S/c1-12-7-8-13(18(22)23-2)9-16(12)20-17(21)11-24-10-14-5-3-4-6-15(14)19/h3-9H,10-11H2,1-2H3,(H,20,21). The quantitative estimate of drug-likeness (QED) is 0.777. The Kier molecular flexibility index (Phi) is 6.70. The first-order valence-corrected chi connectivity index (χ1v) is 8.84. The molecular formula is C18H18ClNO3S. The van der Waals surface area contributed by atoms with Crippen molar-refractivity contribution in [2.45, 2.75) is 12.7 Å². The van der Waals surface area contributed by atoms with Crippen molar-refractivity contribution in [2.75, 3.05) is 18.2 Å².